The molecule has 1 aliphatic carbocycles. The Hall–Kier alpha value is -1.81. The minimum Gasteiger partial charge on any atom is -0.396 e. The topological polar surface area (TPSA) is 52.6 Å². The van der Waals surface area contributed by atoms with E-state index in [0.29, 0.717) is 19.5 Å². The highest BCUT2D eigenvalue weighted by Crippen LogP contribution is 2.12. The molecule has 4 heteroatoms. The van der Waals surface area contributed by atoms with Crippen LogP contribution in [0, 0.1) is 0 Å². The van der Waals surface area contributed by atoms with Crippen LogP contribution in [0.1, 0.15) is 31.2 Å². The number of hydrogen-bond donors (Lipinski definition) is 2. The lowest BCUT2D eigenvalue weighted by molar-refractivity contribution is 0.182. The van der Waals surface area contributed by atoms with E-state index in [-0.39, 0.29) is 18.7 Å². The molecule has 0 radical (unpaired) electrons. The first-order valence-electron chi connectivity index (χ1n) is 7.65. The SMILES string of the molecule is O=C(N[C@@H]1CC=CCC1)N(CCCO)Cc1ccccc1. The minimum absolute atomic E-state index is 0.0346. The van der Waals surface area contributed by atoms with Crippen molar-refractivity contribution in [3.8, 4) is 0 Å². The Balaban J connectivity index is 1.93. The molecule has 1 aromatic carbocycles. The highest BCUT2D eigenvalue weighted by Gasteiger charge is 2.18. The van der Waals surface area contributed by atoms with Crippen LogP contribution < -0.4 is 5.32 Å². The third-order valence-electron chi connectivity index (χ3n) is 3.69. The van der Waals surface area contributed by atoms with E-state index in [1.807, 2.05) is 30.3 Å². The van der Waals surface area contributed by atoms with Gasteiger partial charge in [-0.25, -0.2) is 4.79 Å². The predicted octanol–water partition coefficient (Wildman–Crippen LogP) is 2.69. The second kappa shape index (κ2) is 8.47. The summed E-state index contributed by atoms with van der Waals surface area (Å²) in [6.45, 7) is 1.25. The van der Waals surface area contributed by atoms with Crippen molar-refractivity contribution in [1.82, 2.24) is 10.2 Å². The van der Waals surface area contributed by atoms with E-state index in [1.54, 1.807) is 4.90 Å². The van der Waals surface area contributed by atoms with Gasteiger partial charge in [-0.05, 0) is 31.2 Å². The predicted molar refractivity (Wildman–Crippen MR) is 83.9 cm³/mol. The molecule has 0 aromatic heterocycles. The normalized spacial score (nSPS) is 17.5. The lowest BCUT2D eigenvalue weighted by Gasteiger charge is -2.27. The maximum absolute atomic E-state index is 12.4. The lowest BCUT2D eigenvalue weighted by Crippen LogP contribution is -2.45. The van der Waals surface area contributed by atoms with Gasteiger partial charge in [-0.15, -0.1) is 0 Å². The molecule has 0 saturated carbocycles. The van der Waals surface area contributed by atoms with Gasteiger partial charge in [0, 0.05) is 25.7 Å². The van der Waals surface area contributed by atoms with Gasteiger partial charge >= 0.3 is 6.03 Å². The molecule has 0 saturated heterocycles. The monoisotopic (exact) mass is 288 g/mol. The molecule has 1 aromatic rings. The van der Waals surface area contributed by atoms with Crippen LogP contribution in [0.4, 0.5) is 4.79 Å². The fourth-order valence-corrected chi connectivity index (χ4v) is 2.51. The van der Waals surface area contributed by atoms with Crippen molar-refractivity contribution < 1.29 is 9.90 Å². The highest BCUT2D eigenvalue weighted by molar-refractivity contribution is 5.74. The summed E-state index contributed by atoms with van der Waals surface area (Å²) in [6.07, 6.45) is 7.83. The summed E-state index contributed by atoms with van der Waals surface area (Å²) in [5.41, 5.74) is 1.11. The van der Waals surface area contributed by atoms with E-state index >= 15 is 0 Å². The standard InChI is InChI=1S/C17H24N2O2/c20-13-7-12-19(14-15-8-3-1-4-9-15)17(21)18-16-10-5-2-6-11-16/h1-5,8-9,16,20H,6-7,10-14H2,(H,18,21)/t16-/m1/s1. The summed E-state index contributed by atoms with van der Waals surface area (Å²) in [5.74, 6) is 0. The first-order valence-corrected chi connectivity index (χ1v) is 7.65. The summed E-state index contributed by atoms with van der Waals surface area (Å²) in [6, 6.07) is 10.1. The quantitative estimate of drug-likeness (QED) is 0.791. The molecule has 2 amide bonds. The van der Waals surface area contributed by atoms with Gasteiger partial charge in [0.25, 0.3) is 0 Å². The van der Waals surface area contributed by atoms with Crippen molar-refractivity contribution in [3.63, 3.8) is 0 Å². The third-order valence-corrected chi connectivity index (χ3v) is 3.69. The van der Waals surface area contributed by atoms with Crippen LogP contribution in [0.2, 0.25) is 0 Å². The summed E-state index contributed by atoms with van der Waals surface area (Å²) in [7, 11) is 0. The Morgan fingerprint density at radius 2 is 2.10 bits per heavy atom. The van der Waals surface area contributed by atoms with Crippen molar-refractivity contribution in [1.29, 1.82) is 0 Å². The van der Waals surface area contributed by atoms with E-state index in [0.717, 1.165) is 24.8 Å². The number of carbonyl (C=O) groups is 1. The average Bonchev–Trinajstić information content (AvgIpc) is 2.53. The zero-order chi connectivity index (χ0) is 14.9. The number of nitrogens with one attached hydrogen (secondary N) is 1. The molecule has 0 spiro atoms. The third kappa shape index (κ3) is 5.23. The van der Waals surface area contributed by atoms with Gasteiger partial charge < -0.3 is 15.3 Å². The van der Waals surface area contributed by atoms with Crippen molar-refractivity contribution in [2.45, 2.75) is 38.3 Å². The number of aliphatic hydroxyl groups excluding tert-OH is 1. The van der Waals surface area contributed by atoms with Gasteiger partial charge in [0.2, 0.25) is 0 Å². The van der Waals surface area contributed by atoms with Gasteiger partial charge in [0.15, 0.2) is 0 Å². The molecule has 1 aliphatic rings. The van der Waals surface area contributed by atoms with E-state index in [2.05, 4.69) is 17.5 Å². The summed E-state index contributed by atoms with van der Waals surface area (Å²) in [5, 5.41) is 12.1. The zero-order valence-corrected chi connectivity index (χ0v) is 12.4. The lowest BCUT2D eigenvalue weighted by atomic mass is 10.0. The molecular weight excluding hydrogens is 264 g/mol. The van der Waals surface area contributed by atoms with Crippen LogP contribution in [0.5, 0.6) is 0 Å². The molecular formula is C17H24N2O2. The summed E-state index contributed by atoms with van der Waals surface area (Å²) < 4.78 is 0. The maximum atomic E-state index is 12.4. The van der Waals surface area contributed by atoms with E-state index in [1.165, 1.54) is 0 Å². The molecule has 1 atom stereocenters. The zero-order valence-electron chi connectivity index (χ0n) is 12.4. The highest BCUT2D eigenvalue weighted by atomic mass is 16.3. The van der Waals surface area contributed by atoms with Gasteiger partial charge in [-0.3, -0.25) is 0 Å². The van der Waals surface area contributed by atoms with Gasteiger partial charge in [0.1, 0.15) is 0 Å². The molecule has 4 nitrogen and oxygen atoms in total. The molecule has 0 aliphatic heterocycles. The Bertz CT molecular complexity index is 459. The number of amides is 2. The molecule has 114 valence electrons. The fraction of sp³-hybridized carbons (Fsp3) is 0.471. The second-order valence-electron chi connectivity index (χ2n) is 5.42. The largest absolute Gasteiger partial charge is 0.396 e. The van der Waals surface area contributed by atoms with Crippen molar-refractivity contribution in [3.05, 3.63) is 48.0 Å². The number of rotatable bonds is 6. The number of allylic oxidation sites excluding steroid dienone is 1. The molecule has 2 rings (SSSR count). The Morgan fingerprint density at radius 1 is 1.29 bits per heavy atom. The Labute approximate surface area is 126 Å². The fourth-order valence-electron chi connectivity index (χ4n) is 2.51. The van der Waals surface area contributed by atoms with Crippen LogP contribution in [-0.4, -0.2) is 35.2 Å². The first kappa shape index (κ1) is 15.6. The van der Waals surface area contributed by atoms with Crippen molar-refractivity contribution in [2.75, 3.05) is 13.2 Å². The van der Waals surface area contributed by atoms with Crippen LogP contribution in [0.15, 0.2) is 42.5 Å². The number of hydrogen-bond acceptors (Lipinski definition) is 2. The maximum Gasteiger partial charge on any atom is 0.317 e. The van der Waals surface area contributed by atoms with Crippen LogP contribution >= 0.6 is 0 Å². The van der Waals surface area contributed by atoms with Crippen molar-refractivity contribution in [2.24, 2.45) is 0 Å². The van der Waals surface area contributed by atoms with Crippen molar-refractivity contribution >= 4 is 6.03 Å². The average molecular weight is 288 g/mol. The summed E-state index contributed by atoms with van der Waals surface area (Å²) in [4.78, 5) is 14.2. The van der Waals surface area contributed by atoms with E-state index in [4.69, 9.17) is 5.11 Å². The Kier molecular flexibility index (Phi) is 6.28. The van der Waals surface area contributed by atoms with Gasteiger partial charge in [-0.1, -0.05) is 42.5 Å². The van der Waals surface area contributed by atoms with Gasteiger partial charge in [-0.2, -0.15) is 0 Å². The number of nitrogens with zero attached hydrogens (tertiary/aromatic N) is 1. The molecule has 0 unspecified atom stereocenters. The second-order valence-corrected chi connectivity index (χ2v) is 5.42. The first-order chi connectivity index (χ1) is 10.3. The van der Waals surface area contributed by atoms with Crippen LogP contribution in [-0.2, 0) is 6.54 Å². The number of benzene rings is 1. The number of urea groups is 1. The smallest absolute Gasteiger partial charge is 0.317 e. The van der Waals surface area contributed by atoms with Crippen LogP contribution in [0.25, 0.3) is 0 Å². The summed E-state index contributed by atoms with van der Waals surface area (Å²) >= 11 is 0. The Morgan fingerprint density at radius 3 is 2.76 bits per heavy atom. The van der Waals surface area contributed by atoms with Crippen LogP contribution in [0.3, 0.4) is 0 Å². The molecule has 21 heavy (non-hydrogen) atoms. The number of aliphatic hydroxyl groups is 1. The molecule has 0 bridgehead atoms. The van der Waals surface area contributed by atoms with Gasteiger partial charge in [0.05, 0.1) is 0 Å². The number of carbonyl (C=O) groups excluding carboxylic acids is 1. The van der Waals surface area contributed by atoms with E-state index < -0.39 is 0 Å². The molecule has 2 N–H and O–H groups in total. The van der Waals surface area contributed by atoms with E-state index in [9.17, 15) is 4.79 Å². The molecule has 0 fully saturated rings. The minimum atomic E-state index is -0.0346. The molecule has 0 heterocycles.